The number of likely N-dealkylation sites (tertiary alicyclic amines) is 6. The van der Waals surface area contributed by atoms with Crippen molar-refractivity contribution in [2.75, 3.05) is 107 Å². The number of rotatable bonds is 8. The van der Waals surface area contributed by atoms with Gasteiger partial charge in [-0.2, -0.15) is 0 Å². The molecule has 1 N–H and O–H groups in total. The van der Waals surface area contributed by atoms with Gasteiger partial charge >= 0.3 is 54.1 Å². The first-order valence-corrected chi connectivity index (χ1v) is 48.3. The standard InChI is InChI=1S/2C24H35N3O2S.C19H27N3S.C19H25N3S.C10H18O5.B.Na.H/c2*1-16-8-10-20(27(14-16)23(28)29-24(2,3)4)17-9-11-21-19(13-17)25-22(30-21)18-7-6-12-26(5)15-18;2*1-13-5-7-16(20-11-13)14-6-8-18-17(10-14)21-19(23-18)15-4-3-9-22(2)12-15;1-9(2,3)14-7(11)13-8(12)15-10(4,5)6;;;/h2*9,11,13,16,18,20H,6-8,10,12,14-15H2,1-5H3;6,8,10,13,15-16,20H,3-5,7,9,11-12H2,1-2H3;6,8,10,13,15H,3-5,7,9,11-12H2,1-2H3;1-6H3;;;/q;;;;;;+1;-1/t16-,18?,20+;16-,18-,20+;13-,15?,16+;13-,15?;;;;/m0000..../s1. The molecule has 0 aliphatic carbocycles. The van der Waals surface area contributed by atoms with Gasteiger partial charge in [-0.25, -0.2) is 39.1 Å². The van der Waals surface area contributed by atoms with E-state index in [2.05, 4.69) is 158 Å². The second-order valence-corrected chi connectivity index (χ2v) is 44.5. The number of carbonyl (C=O) groups excluding carboxylic acids is 4. The van der Waals surface area contributed by atoms with Crippen LogP contribution in [0.15, 0.2) is 77.8 Å². The zero-order valence-electron chi connectivity index (χ0n) is 78.9. The third kappa shape index (κ3) is 29.1. The van der Waals surface area contributed by atoms with Crippen molar-refractivity contribution in [3.63, 3.8) is 0 Å². The molecule has 27 heteroatoms. The molecule has 4 aromatic heterocycles. The van der Waals surface area contributed by atoms with Crippen molar-refractivity contribution in [3.8, 4) is 0 Å². The Morgan fingerprint density at radius 1 is 0.407 bits per heavy atom. The van der Waals surface area contributed by atoms with E-state index in [1.807, 2.05) is 96.7 Å². The predicted octanol–water partition coefficient (Wildman–Crippen LogP) is 19.7. The molecule has 123 heavy (non-hydrogen) atoms. The number of nitrogens with one attached hydrogen (secondary N) is 1. The maximum atomic E-state index is 12.9. The first kappa shape index (κ1) is 99.4. The Bertz CT molecular complexity index is 4660. The normalized spacial score (nSPS) is 24.7. The van der Waals surface area contributed by atoms with Gasteiger partial charge < -0.3 is 59.8 Å². The third-order valence-corrected chi connectivity index (χ3v) is 28.8. The molecule has 3 radical (unpaired) electrons. The zero-order valence-corrected chi connectivity index (χ0v) is 83.1. The Morgan fingerprint density at radius 3 is 1.08 bits per heavy atom. The number of hydrogen-bond acceptors (Lipinski definition) is 23. The summed E-state index contributed by atoms with van der Waals surface area (Å²) in [5.41, 5.74) is 8.49. The maximum Gasteiger partial charge on any atom is 1.00 e. The van der Waals surface area contributed by atoms with Crippen LogP contribution >= 0.6 is 45.3 Å². The molecule has 12 heterocycles. The zero-order chi connectivity index (χ0) is 86.8. The average Bonchev–Trinajstić information content (AvgIpc) is 1.54. The molecule has 11 atom stereocenters. The molecule has 16 rings (SSSR count). The number of amides is 2. The summed E-state index contributed by atoms with van der Waals surface area (Å²) in [7, 11) is 8.85. The summed E-state index contributed by atoms with van der Waals surface area (Å²) >= 11 is 7.45. The Balaban J connectivity index is 0.000000178. The smallest absolute Gasteiger partial charge is 1.00 e. The largest absolute Gasteiger partial charge is 1.00 e. The molecule has 3 unspecified atom stereocenters. The van der Waals surface area contributed by atoms with E-state index in [0.29, 0.717) is 41.5 Å². The van der Waals surface area contributed by atoms with Gasteiger partial charge in [0.1, 0.15) is 22.4 Å². The number of carbonyl (C=O) groups is 4. The van der Waals surface area contributed by atoms with Crippen LogP contribution in [0.25, 0.3) is 40.9 Å². The van der Waals surface area contributed by atoms with Gasteiger partial charge in [-0.3, -0.25) is 4.99 Å². The first-order chi connectivity index (χ1) is 57.3. The number of piperidine rings is 7. The molecule has 4 aromatic carbocycles. The number of aliphatic imine (C=N–C) groups is 1. The van der Waals surface area contributed by atoms with Gasteiger partial charge in [0, 0.05) is 89.7 Å². The van der Waals surface area contributed by atoms with Gasteiger partial charge in [0.15, 0.2) is 0 Å². The molecule has 0 saturated carbocycles. The molecule has 7 saturated heterocycles. The van der Waals surface area contributed by atoms with E-state index >= 15 is 0 Å². The van der Waals surface area contributed by atoms with Gasteiger partial charge in [-0.15, -0.1) is 45.3 Å². The maximum absolute atomic E-state index is 12.9. The van der Waals surface area contributed by atoms with Gasteiger partial charge in [0.05, 0.1) is 73.0 Å². The minimum atomic E-state index is -1.06. The summed E-state index contributed by atoms with van der Waals surface area (Å²) in [6.45, 7) is 43.6. The molecule has 8 aliphatic heterocycles. The number of aromatic nitrogens is 4. The van der Waals surface area contributed by atoms with Crippen LogP contribution in [0.2, 0.25) is 0 Å². The molecule has 21 nitrogen and oxygen atoms in total. The van der Waals surface area contributed by atoms with Crippen molar-refractivity contribution >= 4 is 125 Å². The summed E-state index contributed by atoms with van der Waals surface area (Å²) in [6.07, 6.45) is 16.7. The molecule has 8 aromatic rings. The van der Waals surface area contributed by atoms with Crippen LogP contribution in [-0.2, 0) is 23.7 Å². The second-order valence-electron chi connectivity index (χ2n) is 40.2. The van der Waals surface area contributed by atoms with Crippen LogP contribution in [0.5, 0.6) is 0 Å². The van der Waals surface area contributed by atoms with E-state index in [9.17, 15) is 19.2 Å². The summed E-state index contributed by atoms with van der Waals surface area (Å²) in [5, 5.41) is 8.88. The molecule has 0 bridgehead atoms. The monoisotopic (exact) mass is 1770 g/mol. The van der Waals surface area contributed by atoms with Crippen molar-refractivity contribution in [2.24, 2.45) is 28.7 Å². The number of likely N-dealkylation sites (N-methyl/N-ethyl adjacent to an activating group) is 4. The van der Waals surface area contributed by atoms with E-state index < -0.39 is 34.7 Å². The van der Waals surface area contributed by atoms with E-state index in [0.717, 1.165) is 113 Å². The fourth-order valence-electron chi connectivity index (χ4n) is 17.8. The number of fused-ring (bicyclic) bond motifs is 4. The van der Waals surface area contributed by atoms with Crippen LogP contribution in [0.4, 0.5) is 19.2 Å². The van der Waals surface area contributed by atoms with Crippen molar-refractivity contribution < 1.29 is 73.8 Å². The summed E-state index contributed by atoms with van der Waals surface area (Å²) in [4.78, 5) is 86.3. The van der Waals surface area contributed by atoms with Crippen LogP contribution in [0, 0.1) is 23.7 Å². The third-order valence-electron chi connectivity index (χ3n) is 24.1. The Hall–Kier alpha value is -5.75. The minimum absolute atomic E-state index is 0. The summed E-state index contributed by atoms with van der Waals surface area (Å²) in [5.74, 6) is 4.85. The topological polar surface area (TPSA) is 210 Å². The van der Waals surface area contributed by atoms with Crippen LogP contribution < -0.4 is 34.9 Å². The van der Waals surface area contributed by atoms with Gasteiger partial charge in [0.2, 0.25) is 0 Å². The molecule has 8 aliphatic rings. The van der Waals surface area contributed by atoms with E-state index in [1.165, 1.54) is 169 Å². The molecule has 7 fully saturated rings. The number of hydrogen-bond donors (Lipinski definition) is 1. The first-order valence-electron chi connectivity index (χ1n) is 45.0. The van der Waals surface area contributed by atoms with Crippen molar-refractivity contribution in [1.29, 1.82) is 0 Å². The van der Waals surface area contributed by atoms with E-state index in [-0.39, 0.29) is 63.7 Å². The van der Waals surface area contributed by atoms with E-state index in [1.54, 1.807) is 41.5 Å². The van der Waals surface area contributed by atoms with Crippen LogP contribution in [0.1, 0.15) is 299 Å². The SMILES string of the molecule is CC(C)(C)OC(=O)OC(=O)OC(C)(C)C.C[C@H]1CCC(c2ccc3sc(C4CCCN(C)C4)nc3c2)=NC1.C[C@H]1CC[C@H](c2ccc3sc(C4CCCN(C)C4)nc3c2)N(C(=O)OC(C)(C)C)C1.C[C@H]1CC[C@H](c2ccc3sc(C4CCCN(C)C4)nc3c2)NC1.C[C@H]1CC[C@H](c2ccc3sc([C@H]4CCCN(C)C4)nc3c2)N(C(=O)OC(C)(C)C)C1.[B].[H-].[Na+]. The summed E-state index contributed by atoms with van der Waals surface area (Å²) < 4.78 is 30.4. The van der Waals surface area contributed by atoms with Gasteiger partial charge in [0.25, 0.3) is 0 Å². The Kier molecular flexibility index (Phi) is 35.6. The van der Waals surface area contributed by atoms with Crippen LogP contribution in [-0.4, -0.2) is 217 Å². The second kappa shape index (κ2) is 44.0. The molecular weight excluding hydrogens is 1630 g/mol. The molecular formula is C96H141BN12NaO9S4. The van der Waals surface area contributed by atoms with Crippen molar-refractivity contribution in [1.82, 2.24) is 54.7 Å². The van der Waals surface area contributed by atoms with Gasteiger partial charge in [-0.05, 0) is 341 Å². The van der Waals surface area contributed by atoms with Gasteiger partial charge in [-0.1, -0.05) is 52.0 Å². The number of thiazole rings is 4. The number of ether oxygens (including phenoxy) is 5. The Morgan fingerprint density at radius 2 is 0.748 bits per heavy atom. The average molecular weight is 1770 g/mol. The molecule has 667 valence electrons. The molecule has 2 amide bonds. The van der Waals surface area contributed by atoms with Crippen LogP contribution in [0.3, 0.4) is 0 Å². The minimum Gasteiger partial charge on any atom is -1.00 e. The quantitative estimate of drug-likeness (QED) is 0.0649. The van der Waals surface area contributed by atoms with Crippen molar-refractivity contribution in [3.05, 3.63) is 115 Å². The van der Waals surface area contributed by atoms with Crippen molar-refractivity contribution in [2.45, 2.75) is 278 Å². The Labute approximate surface area is 775 Å². The molecule has 0 spiro atoms. The fraction of sp³-hybridized carbons (Fsp3) is 0.656. The fourth-order valence-corrected chi connectivity index (χ4v) is 22.1. The number of nitrogens with zero attached hydrogens (tertiary/aromatic N) is 11. The van der Waals surface area contributed by atoms with E-state index in [4.69, 9.17) is 43.9 Å². The number of benzene rings is 4. The predicted molar refractivity (Wildman–Crippen MR) is 504 cm³/mol. The summed E-state index contributed by atoms with van der Waals surface area (Å²) in [6, 6.07) is 27.5.